The van der Waals surface area contributed by atoms with Gasteiger partial charge in [0.15, 0.2) is 0 Å². The molecule has 150 valence electrons. The zero-order valence-corrected chi connectivity index (χ0v) is 17.9. The van der Waals surface area contributed by atoms with Crippen molar-refractivity contribution in [3.05, 3.63) is 32.8 Å². The third-order valence-electron chi connectivity index (χ3n) is 5.16. The first kappa shape index (κ1) is 21.7. The molecule has 1 aliphatic rings. The Bertz CT molecular complexity index is 883. The molecule has 1 aromatic carbocycles. The molecule has 1 unspecified atom stereocenters. The standard InChI is InChI=1S/C16H22BrN3O6S/c1-10-7-11(9-20(10,15(21)22)16(2,3)4)18-27(25,26)14-8-12(19(23)24)5-6-13(14)17/h5-6,8,10-11,18H,7,9H2,1-4H3/p+1/t10-,11+,20?/m0/s1. The van der Waals surface area contributed by atoms with E-state index in [-0.39, 0.29) is 32.1 Å². The van der Waals surface area contributed by atoms with Crippen molar-refractivity contribution in [3.8, 4) is 0 Å². The van der Waals surface area contributed by atoms with Crippen LogP contribution in [0.2, 0.25) is 0 Å². The number of hydrogen-bond donors (Lipinski definition) is 2. The summed E-state index contributed by atoms with van der Waals surface area (Å²) in [6.45, 7) is 7.31. The van der Waals surface area contributed by atoms with Crippen LogP contribution in [0.5, 0.6) is 0 Å². The summed E-state index contributed by atoms with van der Waals surface area (Å²) in [7, 11) is -4.08. The fourth-order valence-electron chi connectivity index (χ4n) is 3.86. The predicted octanol–water partition coefficient (Wildman–Crippen LogP) is 3.09. The van der Waals surface area contributed by atoms with Gasteiger partial charge in [-0.2, -0.15) is 4.79 Å². The Balaban J connectivity index is 2.37. The van der Waals surface area contributed by atoms with Gasteiger partial charge < -0.3 is 5.11 Å². The molecular formula is C16H23BrN3O6S+. The quantitative estimate of drug-likeness (QED) is 0.400. The summed E-state index contributed by atoms with van der Waals surface area (Å²) >= 11 is 3.11. The fraction of sp³-hybridized carbons (Fsp3) is 0.562. The number of sulfonamides is 1. The van der Waals surface area contributed by atoms with E-state index in [0.29, 0.717) is 6.42 Å². The minimum atomic E-state index is -4.08. The molecule has 2 rings (SSSR count). The molecule has 1 saturated heterocycles. The van der Waals surface area contributed by atoms with Gasteiger partial charge in [0.05, 0.1) is 17.0 Å². The van der Waals surface area contributed by atoms with E-state index in [1.807, 2.05) is 20.8 Å². The van der Waals surface area contributed by atoms with Gasteiger partial charge in [-0.15, -0.1) is 0 Å². The highest BCUT2D eigenvalue weighted by Gasteiger charge is 2.58. The van der Waals surface area contributed by atoms with Crippen LogP contribution in [0.4, 0.5) is 10.5 Å². The molecule has 1 aliphatic heterocycles. The monoisotopic (exact) mass is 464 g/mol. The molecule has 0 radical (unpaired) electrons. The van der Waals surface area contributed by atoms with Gasteiger partial charge in [0.2, 0.25) is 10.0 Å². The van der Waals surface area contributed by atoms with E-state index < -0.39 is 32.6 Å². The molecule has 0 spiro atoms. The molecule has 11 heteroatoms. The summed E-state index contributed by atoms with van der Waals surface area (Å²) in [6, 6.07) is 2.58. The Kier molecular flexibility index (Phi) is 5.73. The van der Waals surface area contributed by atoms with Gasteiger partial charge in [0.25, 0.3) is 5.69 Å². The lowest BCUT2D eigenvalue weighted by atomic mass is 10.0. The normalized spacial score (nSPS) is 26.1. The van der Waals surface area contributed by atoms with Crippen LogP contribution in [0, 0.1) is 10.1 Å². The smallest absolute Gasteiger partial charge is 0.435 e. The number of quaternary nitrogens is 1. The van der Waals surface area contributed by atoms with Crippen LogP contribution in [0.25, 0.3) is 0 Å². The van der Waals surface area contributed by atoms with Gasteiger partial charge >= 0.3 is 6.09 Å². The number of nitro groups is 1. The molecule has 0 bridgehead atoms. The minimum absolute atomic E-state index is 0.0891. The average molecular weight is 465 g/mol. The van der Waals surface area contributed by atoms with E-state index in [4.69, 9.17) is 0 Å². The second-order valence-corrected chi connectivity index (χ2v) is 10.3. The maximum absolute atomic E-state index is 12.8. The van der Waals surface area contributed by atoms with Crippen molar-refractivity contribution in [1.29, 1.82) is 0 Å². The highest BCUT2D eigenvalue weighted by molar-refractivity contribution is 9.10. The molecular weight excluding hydrogens is 442 g/mol. The fourth-order valence-corrected chi connectivity index (χ4v) is 6.09. The summed E-state index contributed by atoms with van der Waals surface area (Å²) < 4.78 is 28.1. The number of rotatable bonds is 4. The lowest BCUT2D eigenvalue weighted by Crippen LogP contribution is -2.65. The Hall–Kier alpha value is -1.56. The molecule has 27 heavy (non-hydrogen) atoms. The van der Waals surface area contributed by atoms with E-state index in [1.165, 1.54) is 12.1 Å². The van der Waals surface area contributed by atoms with Gasteiger partial charge in [-0.05, 0) is 49.7 Å². The van der Waals surface area contributed by atoms with E-state index in [0.717, 1.165) is 6.07 Å². The van der Waals surface area contributed by atoms with Crippen LogP contribution < -0.4 is 4.72 Å². The zero-order valence-electron chi connectivity index (χ0n) is 15.5. The van der Waals surface area contributed by atoms with Crippen molar-refractivity contribution in [1.82, 2.24) is 4.72 Å². The van der Waals surface area contributed by atoms with Crippen molar-refractivity contribution in [2.75, 3.05) is 6.54 Å². The first-order valence-electron chi connectivity index (χ1n) is 8.30. The number of carbonyl (C=O) groups is 1. The largest absolute Gasteiger partial charge is 0.514 e. The first-order valence-corrected chi connectivity index (χ1v) is 10.6. The van der Waals surface area contributed by atoms with Crippen molar-refractivity contribution in [2.24, 2.45) is 0 Å². The molecule has 1 aromatic rings. The van der Waals surface area contributed by atoms with Gasteiger partial charge in [-0.3, -0.25) is 10.1 Å². The molecule has 3 atom stereocenters. The zero-order chi connectivity index (χ0) is 20.8. The number of hydrogen-bond acceptors (Lipinski definition) is 5. The number of benzene rings is 1. The number of non-ortho nitro benzene ring substituents is 1. The summed E-state index contributed by atoms with van der Waals surface area (Å²) in [6.07, 6.45) is -0.664. The molecule has 1 fully saturated rings. The Morgan fingerprint density at radius 2 is 2.00 bits per heavy atom. The van der Waals surface area contributed by atoms with Gasteiger partial charge in [0.1, 0.15) is 17.0 Å². The van der Waals surface area contributed by atoms with Crippen LogP contribution in [0.1, 0.15) is 34.1 Å². The highest BCUT2D eigenvalue weighted by Crippen LogP contribution is 2.37. The summed E-state index contributed by atoms with van der Waals surface area (Å²) in [5, 5.41) is 20.8. The molecule has 1 amide bonds. The molecule has 0 saturated carbocycles. The van der Waals surface area contributed by atoms with Crippen molar-refractivity contribution >= 4 is 37.7 Å². The number of amides is 1. The number of nitrogens with one attached hydrogen (secondary N) is 1. The maximum atomic E-state index is 12.8. The second kappa shape index (κ2) is 7.12. The Morgan fingerprint density at radius 3 is 2.44 bits per heavy atom. The van der Waals surface area contributed by atoms with Crippen molar-refractivity contribution in [3.63, 3.8) is 0 Å². The summed E-state index contributed by atoms with van der Waals surface area (Å²) in [5.74, 6) is 0. The molecule has 0 aromatic heterocycles. The number of halogens is 1. The van der Waals surface area contributed by atoms with Crippen LogP contribution >= 0.6 is 15.9 Å². The predicted molar refractivity (Wildman–Crippen MR) is 102 cm³/mol. The lowest BCUT2D eigenvalue weighted by Gasteiger charge is -2.43. The molecule has 1 heterocycles. The van der Waals surface area contributed by atoms with Crippen molar-refractivity contribution in [2.45, 2.75) is 56.6 Å². The van der Waals surface area contributed by atoms with E-state index in [2.05, 4.69) is 20.7 Å². The average Bonchev–Trinajstić information content (AvgIpc) is 2.83. The van der Waals surface area contributed by atoms with E-state index in [1.54, 1.807) is 6.92 Å². The van der Waals surface area contributed by atoms with Crippen LogP contribution in [0.3, 0.4) is 0 Å². The minimum Gasteiger partial charge on any atom is -0.435 e. The Labute approximate surface area is 166 Å². The van der Waals surface area contributed by atoms with Gasteiger partial charge in [0, 0.05) is 23.0 Å². The third kappa shape index (κ3) is 3.86. The van der Waals surface area contributed by atoms with E-state index >= 15 is 0 Å². The topological polar surface area (TPSA) is 127 Å². The van der Waals surface area contributed by atoms with Crippen LogP contribution in [0.15, 0.2) is 27.6 Å². The maximum Gasteiger partial charge on any atom is 0.514 e. The highest BCUT2D eigenvalue weighted by atomic mass is 79.9. The number of carboxylic acid groups (broad SMARTS) is 1. The van der Waals surface area contributed by atoms with Gasteiger partial charge in [-0.1, -0.05) is 0 Å². The third-order valence-corrected chi connectivity index (χ3v) is 7.68. The summed E-state index contributed by atoms with van der Waals surface area (Å²) in [4.78, 5) is 22.1. The SMILES string of the molecule is C[C@H]1C[C@@H](NS(=O)(=O)c2cc([N+](=O)[O-])ccc2Br)C[N+]1(C(=O)O)C(C)(C)C. The Morgan fingerprint density at radius 1 is 1.41 bits per heavy atom. The number of likely N-dealkylation sites (tertiary alicyclic amines) is 1. The van der Waals surface area contributed by atoms with Crippen molar-refractivity contribution < 1.29 is 27.7 Å². The van der Waals surface area contributed by atoms with Crippen LogP contribution in [-0.2, 0) is 10.0 Å². The first-order chi connectivity index (χ1) is 12.2. The molecule has 9 nitrogen and oxygen atoms in total. The summed E-state index contributed by atoms with van der Waals surface area (Å²) in [5.41, 5.74) is -0.971. The number of nitrogens with zero attached hydrogens (tertiary/aromatic N) is 2. The molecule has 2 N–H and O–H groups in total. The number of nitro benzene ring substituents is 1. The van der Waals surface area contributed by atoms with Gasteiger partial charge in [-0.25, -0.2) is 17.6 Å². The molecule has 0 aliphatic carbocycles. The lowest BCUT2D eigenvalue weighted by molar-refractivity contribution is -0.913. The van der Waals surface area contributed by atoms with E-state index in [9.17, 15) is 28.4 Å². The second-order valence-electron chi connectivity index (χ2n) is 7.78. The van der Waals surface area contributed by atoms with Crippen LogP contribution in [-0.4, -0.2) is 53.2 Å².